The second kappa shape index (κ2) is 5.35. The van der Waals surface area contributed by atoms with Gasteiger partial charge in [0.15, 0.2) is 0 Å². The number of sulfonamides is 1. The topological polar surface area (TPSA) is 80.5 Å². The normalized spacial score (nSPS) is 15.8. The number of hydrogen-bond donors (Lipinski definition) is 1. The summed E-state index contributed by atoms with van der Waals surface area (Å²) >= 11 is 6.01. The third kappa shape index (κ3) is 2.82. The average molecular weight is 317 g/mol. The van der Waals surface area contributed by atoms with E-state index in [1.54, 1.807) is 18.9 Å². The molecule has 0 radical (unpaired) electrons. The molecule has 2 N–H and O–H groups in total. The van der Waals surface area contributed by atoms with Gasteiger partial charge >= 0.3 is 0 Å². The van der Waals surface area contributed by atoms with Gasteiger partial charge in [-0.3, -0.25) is 4.79 Å². The third-order valence-corrected chi connectivity index (χ3v) is 5.22. The Bertz CT molecular complexity index is 654. The number of rotatable bonds is 3. The lowest BCUT2D eigenvalue weighted by Crippen LogP contribution is -2.41. The van der Waals surface area contributed by atoms with Crippen LogP contribution in [0.4, 0.5) is 0 Å². The maximum absolute atomic E-state index is 12.4. The first-order valence-corrected chi connectivity index (χ1v) is 8.24. The predicted molar refractivity (Wildman–Crippen MR) is 77.3 cm³/mol. The number of hydrogen-bond acceptors (Lipinski definition) is 3. The van der Waals surface area contributed by atoms with Crippen LogP contribution in [-0.4, -0.2) is 32.3 Å². The number of primary sulfonamides is 1. The molecule has 7 heteroatoms. The van der Waals surface area contributed by atoms with E-state index in [4.69, 9.17) is 16.7 Å². The summed E-state index contributed by atoms with van der Waals surface area (Å²) in [5.74, 6) is -0.235. The molecule has 0 bridgehead atoms. The van der Waals surface area contributed by atoms with Gasteiger partial charge in [0, 0.05) is 23.7 Å². The van der Waals surface area contributed by atoms with Crippen molar-refractivity contribution < 1.29 is 13.2 Å². The molecule has 1 aromatic carbocycles. The summed E-state index contributed by atoms with van der Waals surface area (Å²) in [6.45, 7) is 1.56. The lowest BCUT2D eigenvalue weighted by molar-refractivity contribution is 0.0652. The fourth-order valence-corrected chi connectivity index (χ4v) is 3.32. The van der Waals surface area contributed by atoms with E-state index in [0.29, 0.717) is 5.56 Å². The molecule has 0 aromatic heterocycles. The van der Waals surface area contributed by atoms with Gasteiger partial charge < -0.3 is 4.90 Å². The molecule has 1 amide bonds. The molecule has 1 saturated carbocycles. The molecule has 0 atom stereocenters. The molecular weight excluding hydrogens is 300 g/mol. The van der Waals surface area contributed by atoms with Crippen molar-refractivity contribution in [2.24, 2.45) is 5.14 Å². The smallest absolute Gasteiger partial charge is 0.253 e. The monoisotopic (exact) mass is 316 g/mol. The molecule has 0 aliphatic heterocycles. The second-order valence-corrected chi connectivity index (χ2v) is 7.06. The van der Waals surface area contributed by atoms with Crippen LogP contribution in [-0.2, 0) is 10.0 Å². The van der Waals surface area contributed by atoms with Crippen LogP contribution in [0, 0.1) is 6.92 Å². The molecule has 0 heterocycles. The fourth-order valence-electron chi connectivity index (χ4n) is 2.22. The summed E-state index contributed by atoms with van der Waals surface area (Å²) in [5, 5.41) is 5.38. The van der Waals surface area contributed by atoms with E-state index in [-0.39, 0.29) is 27.4 Å². The van der Waals surface area contributed by atoms with Crippen molar-refractivity contribution in [2.45, 2.75) is 37.1 Å². The predicted octanol–water partition coefficient (Wildman–Crippen LogP) is 1.92. The summed E-state index contributed by atoms with van der Waals surface area (Å²) in [4.78, 5) is 13.9. The van der Waals surface area contributed by atoms with Gasteiger partial charge in [0.25, 0.3) is 5.91 Å². The van der Waals surface area contributed by atoms with Gasteiger partial charge in [0.2, 0.25) is 10.0 Å². The number of amides is 1. The van der Waals surface area contributed by atoms with Gasteiger partial charge in [0.1, 0.15) is 0 Å². The Morgan fingerprint density at radius 3 is 2.45 bits per heavy atom. The van der Waals surface area contributed by atoms with E-state index >= 15 is 0 Å². The molecule has 2 rings (SSSR count). The molecule has 5 nitrogen and oxygen atoms in total. The summed E-state index contributed by atoms with van der Waals surface area (Å²) in [6.07, 6.45) is 3.06. The van der Waals surface area contributed by atoms with Crippen LogP contribution in [0.5, 0.6) is 0 Å². The van der Waals surface area contributed by atoms with Crippen LogP contribution in [0.15, 0.2) is 17.0 Å². The minimum absolute atomic E-state index is 0.102. The van der Waals surface area contributed by atoms with Crippen LogP contribution < -0.4 is 5.14 Å². The van der Waals surface area contributed by atoms with E-state index in [9.17, 15) is 13.2 Å². The highest BCUT2D eigenvalue weighted by molar-refractivity contribution is 7.89. The Hall–Kier alpha value is -1.11. The largest absolute Gasteiger partial charge is 0.339 e. The Balaban J connectivity index is 2.42. The molecule has 20 heavy (non-hydrogen) atoms. The highest BCUT2D eigenvalue weighted by Gasteiger charge is 2.27. The number of nitrogens with zero attached hydrogens (tertiary/aromatic N) is 1. The highest BCUT2D eigenvalue weighted by Crippen LogP contribution is 2.28. The number of benzene rings is 1. The van der Waals surface area contributed by atoms with E-state index in [0.717, 1.165) is 19.3 Å². The van der Waals surface area contributed by atoms with Gasteiger partial charge in [-0.2, -0.15) is 0 Å². The van der Waals surface area contributed by atoms with Crippen LogP contribution in [0.1, 0.15) is 35.2 Å². The number of carbonyl (C=O) groups excluding carboxylic acids is 1. The minimum atomic E-state index is -3.90. The summed E-state index contributed by atoms with van der Waals surface area (Å²) in [6, 6.07) is 3.01. The maximum Gasteiger partial charge on any atom is 0.253 e. The van der Waals surface area contributed by atoms with Crippen molar-refractivity contribution >= 4 is 27.5 Å². The molecule has 0 saturated heterocycles. The number of carbonyl (C=O) groups is 1. The van der Waals surface area contributed by atoms with E-state index in [1.165, 1.54) is 12.1 Å². The van der Waals surface area contributed by atoms with Crippen molar-refractivity contribution in [1.29, 1.82) is 0 Å². The molecule has 1 aromatic rings. The number of nitrogens with two attached hydrogens (primary N) is 1. The van der Waals surface area contributed by atoms with Crippen LogP contribution in [0.2, 0.25) is 5.02 Å². The van der Waals surface area contributed by atoms with Gasteiger partial charge in [-0.25, -0.2) is 13.6 Å². The maximum atomic E-state index is 12.4. The molecule has 110 valence electrons. The van der Waals surface area contributed by atoms with E-state index < -0.39 is 10.0 Å². The van der Waals surface area contributed by atoms with Crippen molar-refractivity contribution in [1.82, 2.24) is 4.90 Å². The second-order valence-electron chi connectivity index (χ2n) is 5.13. The lowest BCUT2D eigenvalue weighted by atomic mass is 9.91. The molecule has 1 aliphatic rings. The molecule has 0 unspecified atom stereocenters. The van der Waals surface area contributed by atoms with Crippen molar-refractivity contribution in [3.63, 3.8) is 0 Å². The van der Waals surface area contributed by atoms with Crippen LogP contribution >= 0.6 is 11.6 Å². The molecular formula is C13H17ClN2O3S. The van der Waals surface area contributed by atoms with Gasteiger partial charge in [0.05, 0.1) is 4.90 Å². The molecule has 0 spiro atoms. The van der Waals surface area contributed by atoms with Gasteiger partial charge in [-0.1, -0.05) is 11.6 Å². The highest BCUT2D eigenvalue weighted by atomic mass is 35.5. The van der Waals surface area contributed by atoms with Crippen LogP contribution in [0.3, 0.4) is 0 Å². The fraction of sp³-hybridized carbons (Fsp3) is 0.462. The minimum Gasteiger partial charge on any atom is -0.339 e. The Morgan fingerprint density at radius 2 is 2.00 bits per heavy atom. The summed E-state index contributed by atoms with van der Waals surface area (Å²) < 4.78 is 23.1. The van der Waals surface area contributed by atoms with Crippen molar-refractivity contribution in [3.8, 4) is 0 Å². The zero-order valence-corrected chi connectivity index (χ0v) is 13.0. The Kier molecular flexibility index (Phi) is 4.09. The van der Waals surface area contributed by atoms with Crippen molar-refractivity contribution in [2.75, 3.05) is 7.05 Å². The first kappa shape index (κ1) is 15.3. The van der Waals surface area contributed by atoms with E-state index in [2.05, 4.69) is 0 Å². The Morgan fingerprint density at radius 1 is 1.40 bits per heavy atom. The zero-order valence-electron chi connectivity index (χ0n) is 11.4. The van der Waals surface area contributed by atoms with Crippen LogP contribution in [0.25, 0.3) is 0 Å². The third-order valence-electron chi connectivity index (χ3n) is 3.79. The number of halogens is 1. The standard InChI is InChI=1S/C13H17ClN2O3S/c1-8-11(14)6-9(7-12(8)20(15,18)19)13(17)16(2)10-4-3-5-10/h6-7,10H,3-5H2,1-2H3,(H2,15,18,19). The quantitative estimate of drug-likeness (QED) is 0.925. The lowest BCUT2D eigenvalue weighted by Gasteiger charge is -2.34. The average Bonchev–Trinajstić information content (AvgIpc) is 2.27. The molecule has 1 fully saturated rings. The Labute approximate surface area is 123 Å². The molecule has 1 aliphatic carbocycles. The van der Waals surface area contributed by atoms with Gasteiger partial charge in [-0.15, -0.1) is 0 Å². The zero-order chi connectivity index (χ0) is 15.1. The van der Waals surface area contributed by atoms with Crippen molar-refractivity contribution in [3.05, 3.63) is 28.3 Å². The first-order chi connectivity index (χ1) is 9.21. The van der Waals surface area contributed by atoms with E-state index in [1.807, 2.05) is 0 Å². The SMILES string of the molecule is Cc1c(Cl)cc(C(=O)N(C)C2CCC2)cc1S(N)(=O)=O. The van der Waals surface area contributed by atoms with Gasteiger partial charge in [-0.05, 0) is 43.9 Å². The summed E-state index contributed by atoms with van der Waals surface area (Å²) in [5.41, 5.74) is 0.607. The summed E-state index contributed by atoms with van der Waals surface area (Å²) in [7, 11) is -2.19. The first-order valence-electron chi connectivity index (χ1n) is 6.32.